The third-order valence-corrected chi connectivity index (χ3v) is 5.30. The Morgan fingerprint density at radius 2 is 1.77 bits per heavy atom. The van der Waals surface area contributed by atoms with E-state index in [9.17, 15) is 18.5 Å². The molecule has 26 heavy (non-hydrogen) atoms. The molecule has 0 atom stereocenters. The zero-order valence-electron chi connectivity index (χ0n) is 14.3. The van der Waals surface area contributed by atoms with Gasteiger partial charge in [-0.3, -0.25) is 10.1 Å². The van der Waals surface area contributed by atoms with Crippen molar-refractivity contribution in [3.05, 3.63) is 69.2 Å². The highest BCUT2D eigenvalue weighted by molar-refractivity contribution is 7.90. The topological polar surface area (TPSA) is 92.9 Å². The maximum absolute atomic E-state index is 12.8. The van der Waals surface area contributed by atoms with E-state index in [-0.39, 0.29) is 15.8 Å². The lowest BCUT2D eigenvalue weighted by Crippen LogP contribution is -2.32. The van der Waals surface area contributed by atoms with Gasteiger partial charge in [-0.05, 0) is 26.0 Å². The van der Waals surface area contributed by atoms with Crippen molar-refractivity contribution in [1.29, 1.82) is 0 Å². The highest BCUT2D eigenvalue weighted by Crippen LogP contribution is 2.28. The molecule has 0 spiro atoms. The van der Waals surface area contributed by atoms with Crippen LogP contribution in [0.3, 0.4) is 0 Å². The second kappa shape index (κ2) is 8.29. The second-order valence-corrected chi connectivity index (χ2v) is 7.31. The minimum Gasteiger partial charge on any atom is -0.356 e. The first-order valence-electron chi connectivity index (χ1n) is 7.89. The average molecular weight is 396 g/mol. The molecule has 2 aromatic carbocycles. The third kappa shape index (κ3) is 4.39. The molecule has 0 aliphatic heterocycles. The van der Waals surface area contributed by atoms with Crippen LogP contribution in [0.1, 0.15) is 19.4 Å². The van der Waals surface area contributed by atoms with Crippen LogP contribution in [-0.4, -0.2) is 37.2 Å². The van der Waals surface area contributed by atoms with E-state index in [1.165, 1.54) is 12.1 Å². The van der Waals surface area contributed by atoms with Gasteiger partial charge in [-0.1, -0.05) is 41.9 Å². The van der Waals surface area contributed by atoms with Crippen LogP contribution in [0.2, 0.25) is 5.02 Å². The molecule has 0 aliphatic carbocycles. The predicted molar refractivity (Wildman–Crippen MR) is 101 cm³/mol. The van der Waals surface area contributed by atoms with E-state index in [0.717, 1.165) is 6.07 Å². The lowest BCUT2D eigenvalue weighted by molar-refractivity contribution is -0.384. The molecule has 0 N–H and O–H groups in total. The van der Waals surface area contributed by atoms with Crippen molar-refractivity contribution >= 4 is 33.1 Å². The van der Waals surface area contributed by atoms with Gasteiger partial charge in [0.15, 0.2) is 0 Å². The number of sulfonamides is 1. The van der Waals surface area contributed by atoms with E-state index >= 15 is 0 Å². The highest BCUT2D eigenvalue weighted by Gasteiger charge is 2.22. The zero-order chi connectivity index (χ0) is 19.3. The van der Waals surface area contributed by atoms with Gasteiger partial charge >= 0.3 is 0 Å². The smallest absolute Gasteiger partial charge is 0.289 e. The van der Waals surface area contributed by atoms with Gasteiger partial charge in [0.25, 0.3) is 15.7 Å². The van der Waals surface area contributed by atoms with Gasteiger partial charge in [-0.25, -0.2) is 0 Å². The molecule has 2 aromatic rings. The molecule has 0 unspecified atom stereocenters. The van der Waals surface area contributed by atoms with Crippen LogP contribution >= 0.6 is 11.6 Å². The van der Waals surface area contributed by atoms with Gasteiger partial charge in [0, 0.05) is 24.7 Å². The van der Waals surface area contributed by atoms with E-state index in [2.05, 4.69) is 4.40 Å². The number of nitro groups is 1. The van der Waals surface area contributed by atoms with Gasteiger partial charge in [-0.15, -0.1) is 4.40 Å². The molecule has 0 aliphatic rings. The van der Waals surface area contributed by atoms with E-state index in [4.69, 9.17) is 11.6 Å². The predicted octanol–water partition coefficient (Wildman–Crippen LogP) is 3.73. The molecular weight excluding hydrogens is 378 g/mol. The van der Waals surface area contributed by atoms with Gasteiger partial charge in [-0.2, -0.15) is 8.42 Å². The zero-order valence-corrected chi connectivity index (χ0v) is 15.9. The maximum Gasteiger partial charge on any atom is 0.289 e. The van der Waals surface area contributed by atoms with Crippen molar-refractivity contribution in [3.63, 3.8) is 0 Å². The largest absolute Gasteiger partial charge is 0.356 e. The lowest BCUT2D eigenvalue weighted by atomic mass is 10.2. The fraction of sp³-hybridized carbons (Fsp3) is 0.235. The molecule has 0 bridgehead atoms. The van der Waals surface area contributed by atoms with Crippen molar-refractivity contribution in [2.75, 3.05) is 13.1 Å². The molecule has 0 heterocycles. The number of amidine groups is 1. The minimum atomic E-state index is -4.16. The molecule has 0 fully saturated rings. The molecule has 0 radical (unpaired) electrons. The Labute approximate surface area is 157 Å². The lowest BCUT2D eigenvalue weighted by Gasteiger charge is -2.23. The highest BCUT2D eigenvalue weighted by atomic mass is 35.5. The first kappa shape index (κ1) is 19.9. The first-order valence-corrected chi connectivity index (χ1v) is 9.71. The standard InChI is InChI=1S/C17H18ClN3O4S/c1-3-20(4-2)17(13-8-6-5-7-9-13)19-26(24,25)14-10-11-15(18)16(12-14)21(22)23/h5-12H,3-4H2,1-2H3/b19-17+. The summed E-state index contributed by atoms with van der Waals surface area (Å²) in [5, 5.41) is 10.9. The van der Waals surface area contributed by atoms with Crippen molar-refractivity contribution in [3.8, 4) is 0 Å². The van der Waals surface area contributed by atoms with Crippen LogP contribution < -0.4 is 0 Å². The number of rotatable bonds is 6. The third-order valence-electron chi connectivity index (χ3n) is 3.71. The molecule has 0 amide bonds. The fourth-order valence-corrected chi connectivity index (χ4v) is 3.60. The van der Waals surface area contributed by atoms with E-state index in [1.54, 1.807) is 29.2 Å². The van der Waals surface area contributed by atoms with Crippen molar-refractivity contribution in [2.24, 2.45) is 4.40 Å². The van der Waals surface area contributed by atoms with Crippen molar-refractivity contribution in [2.45, 2.75) is 18.7 Å². The van der Waals surface area contributed by atoms with Gasteiger partial charge in [0.05, 0.1) is 9.82 Å². The van der Waals surface area contributed by atoms with Gasteiger partial charge < -0.3 is 4.90 Å². The summed E-state index contributed by atoms with van der Waals surface area (Å²) in [6.45, 7) is 4.89. The summed E-state index contributed by atoms with van der Waals surface area (Å²) in [4.78, 5) is 11.8. The average Bonchev–Trinajstić information content (AvgIpc) is 2.62. The molecule has 138 valence electrons. The normalized spacial score (nSPS) is 12.0. The summed E-state index contributed by atoms with van der Waals surface area (Å²) in [6.07, 6.45) is 0. The first-order chi connectivity index (χ1) is 12.3. The molecule has 2 rings (SSSR count). The maximum atomic E-state index is 12.8. The minimum absolute atomic E-state index is 0.134. The Kier molecular flexibility index (Phi) is 6.33. The molecular formula is C17H18ClN3O4S. The summed E-state index contributed by atoms with van der Waals surface area (Å²) < 4.78 is 29.5. The number of hydrogen-bond donors (Lipinski definition) is 0. The monoisotopic (exact) mass is 395 g/mol. The molecule has 0 saturated heterocycles. The van der Waals surface area contributed by atoms with Crippen LogP contribution in [0.4, 0.5) is 5.69 Å². The Morgan fingerprint density at radius 3 is 2.31 bits per heavy atom. The number of nitro benzene ring substituents is 1. The second-order valence-electron chi connectivity index (χ2n) is 5.30. The Hall–Kier alpha value is -2.45. The Balaban J connectivity index is 2.61. The van der Waals surface area contributed by atoms with E-state index in [1.807, 2.05) is 19.9 Å². The van der Waals surface area contributed by atoms with Crippen LogP contribution in [0.5, 0.6) is 0 Å². The van der Waals surface area contributed by atoms with Crippen LogP contribution in [0, 0.1) is 10.1 Å². The Bertz CT molecular complexity index is 926. The SMILES string of the molecule is CCN(CC)/C(=N/S(=O)(=O)c1ccc(Cl)c([N+](=O)[O-])c1)c1ccccc1. The van der Waals surface area contributed by atoms with E-state index < -0.39 is 20.6 Å². The van der Waals surface area contributed by atoms with E-state index in [0.29, 0.717) is 18.7 Å². The molecule has 7 nitrogen and oxygen atoms in total. The molecule has 9 heteroatoms. The quantitative estimate of drug-likeness (QED) is 0.321. The summed E-state index contributed by atoms with van der Waals surface area (Å²) in [7, 11) is -4.16. The number of hydrogen-bond acceptors (Lipinski definition) is 4. The van der Waals surface area contributed by atoms with Crippen LogP contribution in [0.15, 0.2) is 57.8 Å². The van der Waals surface area contributed by atoms with Crippen molar-refractivity contribution < 1.29 is 13.3 Å². The number of halogens is 1. The summed E-state index contributed by atoms with van der Waals surface area (Å²) in [5.74, 6) is 0.285. The number of benzene rings is 2. The van der Waals surface area contributed by atoms with Crippen LogP contribution in [0.25, 0.3) is 0 Å². The number of nitrogens with zero attached hydrogens (tertiary/aromatic N) is 3. The summed E-state index contributed by atoms with van der Waals surface area (Å²) in [6, 6.07) is 12.2. The summed E-state index contributed by atoms with van der Waals surface area (Å²) in [5.41, 5.74) is 0.162. The van der Waals surface area contributed by atoms with Crippen LogP contribution in [-0.2, 0) is 10.0 Å². The fourth-order valence-electron chi connectivity index (χ4n) is 2.36. The summed E-state index contributed by atoms with van der Waals surface area (Å²) >= 11 is 5.76. The molecule has 0 aromatic heterocycles. The Morgan fingerprint density at radius 1 is 1.15 bits per heavy atom. The van der Waals surface area contributed by atoms with Gasteiger partial charge in [0.2, 0.25) is 0 Å². The van der Waals surface area contributed by atoms with Crippen molar-refractivity contribution in [1.82, 2.24) is 4.90 Å². The molecule has 0 saturated carbocycles. The van der Waals surface area contributed by atoms with Gasteiger partial charge in [0.1, 0.15) is 10.9 Å².